The van der Waals surface area contributed by atoms with E-state index in [-0.39, 0.29) is 12.3 Å². The van der Waals surface area contributed by atoms with Crippen molar-refractivity contribution in [1.82, 2.24) is 4.98 Å². The van der Waals surface area contributed by atoms with Gasteiger partial charge in [-0.1, -0.05) is 18.2 Å². The van der Waals surface area contributed by atoms with Crippen molar-refractivity contribution in [2.45, 2.75) is 6.42 Å². The van der Waals surface area contributed by atoms with Crippen LogP contribution in [0.4, 0.5) is 0 Å². The molecule has 0 saturated carbocycles. The number of carbonyl (C=O) groups is 1. The summed E-state index contributed by atoms with van der Waals surface area (Å²) in [6, 6.07) is 12.7. The Kier molecular flexibility index (Phi) is 4.66. The predicted molar refractivity (Wildman–Crippen MR) is 92.2 cm³/mol. The number of oxazole rings is 1. The molecular weight excluding hydrogens is 374 g/mol. The van der Waals surface area contributed by atoms with E-state index in [1.807, 2.05) is 30.3 Å². The van der Waals surface area contributed by atoms with Crippen LogP contribution in [0, 0.1) is 0 Å². The molecule has 0 fully saturated rings. The Hall–Kier alpha value is -2.60. The van der Waals surface area contributed by atoms with E-state index in [1.54, 1.807) is 25.3 Å². The van der Waals surface area contributed by atoms with E-state index >= 15 is 0 Å². The monoisotopic (exact) mass is 386 g/mol. The first-order valence-corrected chi connectivity index (χ1v) is 7.96. The van der Waals surface area contributed by atoms with E-state index in [9.17, 15) is 9.90 Å². The number of benzene rings is 2. The van der Waals surface area contributed by atoms with Crippen molar-refractivity contribution in [3.05, 3.63) is 58.4 Å². The summed E-state index contributed by atoms with van der Waals surface area (Å²) in [5.74, 6) is -0.237. The number of hydrogen-bond acceptors (Lipinski definition) is 5. The second kappa shape index (κ2) is 6.88. The van der Waals surface area contributed by atoms with Crippen molar-refractivity contribution in [2.75, 3.05) is 7.11 Å². The normalized spacial score (nSPS) is 11.7. The Bertz CT molecular complexity index is 897. The average Bonchev–Trinajstić information content (AvgIpc) is 2.98. The highest BCUT2D eigenvalue weighted by molar-refractivity contribution is 9.10. The summed E-state index contributed by atoms with van der Waals surface area (Å²) >= 11 is 3.41. The van der Waals surface area contributed by atoms with Gasteiger partial charge in [-0.15, -0.1) is 0 Å². The number of halogens is 1. The van der Waals surface area contributed by atoms with Gasteiger partial charge < -0.3 is 19.1 Å². The number of fused-ring (bicyclic) bond motifs is 1. The number of ether oxygens (including phenoxy) is 1. The molecule has 0 aliphatic heterocycles. The van der Waals surface area contributed by atoms with Crippen LogP contribution in [-0.4, -0.2) is 18.1 Å². The molecule has 0 bridgehead atoms. The molecule has 0 spiro atoms. The molecule has 24 heavy (non-hydrogen) atoms. The predicted octanol–water partition coefficient (Wildman–Crippen LogP) is 3.28. The number of carboxylic acids is 1. The largest absolute Gasteiger partial charge is 0.550 e. The zero-order chi connectivity index (χ0) is 17.1. The van der Waals surface area contributed by atoms with E-state index in [2.05, 4.69) is 20.9 Å². The van der Waals surface area contributed by atoms with Gasteiger partial charge in [-0.25, -0.2) is 4.98 Å². The standard InChI is InChI=1S/C18H14BrNO4/c1-23-15-7-6-11(9-13(15)19)8-12(10-17(21)22)18-20-14-4-2-3-5-16(14)24-18/h2-9H,10H2,1H3,(H,21,22)/p-1/b12-8+. The highest BCUT2D eigenvalue weighted by Crippen LogP contribution is 2.29. The Balaban J connectivity index is 2.05. The molecule has 0 amide bonds. The van der Waals surface area contributed by atoms with Gasteiger partial charge in [-0.2, -0.15) is 0 Å². The second-order valence-corrected chi connectivity index (χ2v) is 5.95. The quantitative estimate of drug-likeness (QED) is 0.672. The fourth-order valence-corrected chi connectivity index (χ4v) is 2.89. The Labute approximate surface area is 146 Å². The Morgan fingerprint density at radius 2 is 2.12 bits per heavy atom. The molecule has 1 heterocycles. The molecular formula is C18H13BrNO4-. The Morgan fingerprint density at radius 3 is 2.79 bits per heavy atom. The van der Waals surface area contributed by atoms with Gasteiger partial charge in [-0.05, 0) is 51.8 Å². The summed E-state index contributed by atoms with van der Waals surface area (Å²) in [6.45, 7) is 0. The lowest BCUT2D eigenvalue weighted by molar-refractivity contribution is -0.304. The second-order valence-electron chi connectivity index (χ2n) is 5.10. The maximum absolute atomic E-state index is 11.1. The molecule has 0 aliphatic rings. The van der Waals surface area contributed by atoms with E-state index in [0.29, 0.717) is 22.4 Å². The molecule has 0 N–H and O–H groups in total. The highest BCUT2D eigenvalue weighted by Gasteiger charge is 2.12. The third-order valence-corrected chi connectivity index (χ3v) is 4.04. The van der Waals surface area contributed by atoms with Gasteiger partial charge in [0, 0.05) is 18.0 Å². The van der Waals surface area contributed by atoms with Gasteiger partial charge in [0.1, 0.15) is 11.3 Å². The summed E-state index contributed by atoms with van der Waals surface area (Å²) in [5.41, 5.74) is 2.50. The van der Waals surface area contributed by atoms with E-state index in [1.165, 1.54) is 0 Å². The zero-order valence-electron chi connectivity index (χ0n) is 12.8. The SMILES string of the molecule is COc1ccc(/C=C(\CC(=O)[O-])c2nc3ccccc3o2)cc1Br. The zero-order valence-corrected chi connectivity index (χ0v) is 14.4. The van der Waals surface area contributed by atoms with Crippen molar-refractivity contribution in [1.29, 1.82) is 0 Å². The number of methoxy groups -OCH3 is 1. The fraction of sp³-hybridized carbons (Fsp3) is 0.111. The van der Waals surface area contributed by atoms with Crippen LogP contribution in [0.25, 0.3) is 22.7 Å². The minimum atomic E-state index is -1.20. The first-order valence-electron chi connectivity index (χ1n) is 7.16. The van der Waals surface area contributed by atoms with Crippen molar-refractivity contribution in [3.8, 4) is 5.75 Å². The van der Waals surface area contributed by atoms with Crippen molar-refractivity contribution in [2.24, 2.45) is 0 Å². The number of aliphatic carboxylic acids is 1. The molecule has 122 valence electrons. The van der Waals surface area contributed by atoms with Crippen LogP contribution in [0.3, 0.4) is 0 Å². The summed E-state index contributed by atoms with van der Waals surface area (Å²) in [6.07, 6.45) is 1.42. The van der Waals surface area contributed by atoms with Crippen LogP contribution >= 0.6 is 15.9 Å². The third-order valence-electron chi connectivity index (χ3n) is 3.42. The molecule has 2 aromatic carbocycles. The van der Waals surface area contributed by atoms with Crippen LogP contribution in [0.2, 0.25) is 0 Å². The van der Waals surface area contributed by atoms with E-state index < -0.39 is 5.97 Å². The summed E-state index contributed by atoms with van der Waals surface area (Å²) < 4.78 is 11.6. The topological polar surface area (TPSA) is 75.4 Å². The first-order chi connectivity index (χ1) is 11.6. The smallest absolute Gasteiger partial charge is 0.223 e. The van der Waals surface area contributed by atoms with Crippen LogP contribution in [0.15, 0.2) is 51.4 Å². The van der Waals surface area contributed by atoms with Crippen LogP contribution in [0.5, 0.6) is 5.75 Å². The lowest BCUT2D eigenvalue weighted by Crippen LogP contribution is -2.22. The van der Waals surface area contributed by atoms with Gasteiger partial charge in [0.25, 0.3) is 0 Å². The van der Waals surface area contributed by atoms with Gasteiger partial charge in [0.15, 0.2) is 5.58 Å². The number of hydrogen-bond donors (Lipinski definition) is 0. The fourth-order valence-electron chi connectivity index (χ4n) is 2.33. The van der Waals surface area contributed by atoms with Crippen LogP contribution in [0.1, 0.15) is 17.9 Å². The maximum atomic E-state index is 11.1. The molecule has 0 atom stereocenters. The van der Waals surface area contributed by atoms with E-state index in [0.717, 1.165) is 10.0 Å². The van der Waals surface area contributed by atoms with Gasteiger partial charge in [-0.3, -0.25) is 0 Å². The van der Waals surface area contributed by atoms with Crippen molar-refractivity contribution < 1.29 is 19.1 Å². The minimum absolute atomic E-state index is 0.271. The summed E-state index contributed by atoms with van der Waals surface area (Å²) in [5, 5.41) is 11.1. The summed E-state index contributed by atoms with van der Waals surface area (Å²) in [4.78, 5) is 15.5. The van der Waals surface area contributed by atoms with E-state index in [4.69, 9.17) is 9.15 Å². The third kappa shape index (κ3) is 3.49. The summed E-state index contributed by atoms with van der Waals surface area (Å²) in [7, 11) is 1.58. The van der Waals surface area contributed by atoms with Crippen molar-refractivity contribution >= 4 is 44.6 Å². The average molecular weight is 387 g/mol. The lowest BCUT2D eigenvalue weighted by Gasteiger charge is -2.07. The van der Waals surface area contributed by atoms with Gasteiger partial charge in [0.05, 0.1) is 11.6 Å². The molecule has 0 radical (unpaired) electrons. The maximum Gasteiger partial charge on any atom is 0.223 e. The van der Waals surface area contributed by atoms with Crippen molar-refractivity contribution in [3.63, 3.8) is 0 Å². The lowest BCUT2D eigenvalue weighted by atomic mass is 10.1. The van der Waals surface area contributed by atoms with Gasteiger partial charge in [0.2, 0.25) is 5.89 Å². The number of carbonyl (C=O) groups excluding carboxylic acids is 1. The first kappa shape index (κ1) is 16.3. The molecule has 3 aromatic rings. The molecule has 0 unspecified atom stereocenters. The highest BCUT2D eigenvalue weighted by atomic mass is 79.9. The molecule has 5 nitrogen and oxygen atoms in total. The molecule has 0 saturated heterocycles. The number of carboxylic acid groups (broad SMARTS) is 1. The minimum Gasteiger partial charge on any atom is -0.550 e. The molecule has 6 heteroatoms. The number of para-hydroxylation sites is 2. The molecule has 0 aliphatic carbocycles. The van der Waals surface area contributed by atoms with Gasteiger partial charge >= 0.3 is 0 Å². The molecule has 1 aromatic heterocycles. The van der Waals surface area contributed by atoms with Crippen LogP contribution < -0.4 is 9.84 Å². The number of rotatable bonds is 5. The Morgan fingerprint density at radius 1 is 1.33 bits per heavy atom. The number of aromatic nitrogens is 1. The molecule has 3 rings (SSSR count). The number of nitrogens with zero attached hydrogens (tertiary/aromatic N) is 1. The van der Waals surface area contributed by atoms with Crippen LogP contribution in [-0.2, 0) is 4.79 Å².